The van der Waals surface area contributed by atoms with E-state index >= 15 is 0 Å². The van der Waals surface area contributed by atoms with Crippen LogP contribution in [0.2, 0.25) is 0 Å². The molecule has 0 aliphatic rings. The predicted octanol–water partition coefficient (Wildman–Crippen LogP) is 0.638. The van der Waals surface area contributed by atoms with E-state index in [2.05, 4.69) is 15.5 Å². The summed E-state index contributed by atoms with van der Waals surface area (Å²) >= 11 is 0. The van der Waals surface area contributed by atoms with Crippen molar-refractivity contribution in [1.29, 1.82) is 0 Å². The number of urea groups is 1. The second-order valence-corrected chi connectivity index (χ2v) is 2.89. The number of hydrogen-bond donors (Lipinski definition) is 1. The predicted molar refractivity (Wildman–Crippen MR) is 52.6 cm³/mol. The number of carbonyl (C=O) groups excluding carboxylic acids is 1. The van der Waals surface area contributed by atoms with Crippen LogP contribution in [0.25, 0.3) is 0 Å². The second kappa shape index (κ2) is 5.16. The van der Waals surface area contributed by atoms with Crippen molar-refractivity contribution in [3.63, 3.8) is 0 Å². The first-order chi connectivity index (χ1) is 6.74. The summed E-state index contributed by atoms with van der Waals surface area (Å²) in [5, 5.41) is 10.3. The number of aromatic nitrogens is 2. The van der Waals surface area contributed by atoms with Crippen LogP contribution in [0.4, 0.5) is 4.79 Å². The Balaban J connectivity index is 2.38. The van der Waals surface area contributed by atoms with Gasteiger partial charge in [0.25, 0.3) is 0 Å². The van der Waals surface area contributed by atoms with Gasteiger partial charge in [-0.1, -0.05) is 0 Å². The number of carbonyl (C=O) groups is 1. The molecule has 0 fully saturated rings. The van der Waals surface area contributed by atoms with Crippen LogP contribution in [-0.2, 0) is 6.54 Å². The van der Waals surface area contributed by atoms with Crippen molar-refractivity contribution in [2.75, 3.05) is 13.6 Å². The molecule has 1 N–H and O–H groups in total. The van der Waals surface area contributed by atoms with E-state index in [9.17, 15) is 4.79 Å². The van der Waals surface area contributed by atoms with Crippen molar-refractivity contribution < 1.29 is 4.79 Å². The molecule has 0 aliphatic heterocycles. The lowest BCUT2D eigenvalue weighted by molar-refractivity contribution is 0.210. The Labute approximate surface area is 83.1 Å². The van der Waals surface area contributed by atoms with Crippen molar-refractivity contribution in [2.45, 2.75) is 13.5 Å². The third kappa shape index (κ3) is 3.01. The zero-order valence-corrected chi connectivity index (χ0v) is 8.40. The van der Waals surface area contributed by atoms with Crippen LogP contribution in [0.5, 0.6) is 0 Å². The lowest BCUT2D eigenvalue weighted by atomic mass is 10.4. The van der Waals surface area contributed by atoms with Gasteiger partial charge in [-0.05, 0) is 19.1 Å². The molecule has 1 aromatic heterocycles. The van der Waals surface area contributed by atoms with E-state index in [-0.39, 0.29) is 6.03 Å². The summed E-state index contributed by atoms with van der Waals surface area (Å²) in [6, 6.07) is 3.51. The molecule has 2 amide bonds. The quantitative estimate of drug-likeness (QED) is 0.768. The average Bonchev–Trinajstić information content (AvgIpc) is 2.26. The summed E-state index contributed by atoms with van der Waals surface area (Å²) in [6.45, 7) is 3.02. The maximum Gasteiger partial charge on any atom is 0.317 e. The van der Waals surface area contributed by atoms with Gasteiger partial charge < -0.3 is 10.2 Å². The molecule has 0 aliphatic carbocycles. The summed E-state index contributed by atoms with van der Waals surface area (Å²) in [5.74, 6) is 0. The molecule has 0 aromatic carbocycles. The van der Waals surface area contributed by atoms with Crippen molar-refractivity contribution in [1.82, 2.24) is 20.4 Å². The Kier molecular flexibility index (Phi) is 3.84. The van der Waals surface area contributed by atoms with Crippen LogP contribution in [0, 0.1) is 0 Å². The first kappa shape index (κ1) is 10.4. The number of amides is 2. The van der Waals surface area contributed by atoms with E-state index in [4.69, 9.17) is 0 Å². The summed E-state index contributed by atoms with van der Waals surface area (Å²) in [5.41, 5.74) is 0.755. The highest BCUT2D eigenvalue weighted by atomic mass is 16.2. The van der Waals surface area contributed by atoms with Gasteiger partial charge in [0.2, 0.25) is 0 Å². The molecule has 0 bridgehead atoms. The Morgan fingerprint density at radius 1 is 1.64 bits per heavy atom. The minimum atomic E-state index is -0.0989. The second-order valence-electron chi connectivity index (χ2n) is 2.89. The molecule has 5 nitrogen and oxygen atoms in total. The molecule has 14 heavy (non-hydrogen) atoms. The first-order valence-electron chi connectivity index (χ1n) is 4.49. The monoisotopic (exact) mass is 194 g/mol. The van der Waals surface area contributed by atoms with Gasteiger partial charge >= 0.3 is 6.03 Å². The van der Waals surface area contributed by atoms with Gasteiger partial charge in [0, 0.05) is 19.8 Å². The summed E-state index contributed by atoms with van der Waals surface area (Å²) < 4.78 is 0. The van der Waals surface area contributed by atoms with Crippen LogP contribution in [0.15, 0.2) is 18.3 Å². The smallest absolute Gasteiger partial charge is 0.317 e. The van der Waals surface area contributed by atoms with Crippen molar-refractivity contribution in [2.24, 2.45) is 0 Å². The van der Waals surface area contributed by atoms with Crippen LogP contribution in [-0.4, -0.2) is 34.7 Å². The molecular weight excluding hydrogens is 180 g/mol. The molecule has 76 valence electrons. The fourth-order valence-electron chi connectivity index (χ4n) is 0.872. The van der Waals surface area contributed by atoms with E-state index in [1.54, 1.807) is 24.2 Å². The molecule has 0 unspecified atom stereocenters. The third-order valence-corrected chi connectivity index (χ3v) is 1.87. The van der Waals surface area contributed by atoms with E-state index < -0.39 is 0 Å². The van der Waals surface area contributed by atoms with Crippen LogP contribution < -0.4 is 5.32 Å². The van der Waals surface area contributed by atoms with Crippen molar-refractivity contribution in [3.05, 3.63) is 24.0 Å². The minimum absolute atomic E-state index is 0.0989. The van der Waals surface area contributed by atoms with Crippen LogP contribution in [0.3, 0.4) is 0 Å². The number of nitrogens with one attached hydrogen (secondary N) is 1. The highest BCUT2D eigenvalue weighted by Gasteiger charge is 2.04. The average molecular weight is 194 g/mol. The molecule has 0 spiro atoms. The van der Waals surface area contributed by atoms with Gasteiger partial charge in [-0.15, -0.1) is 0 Å². The molecular formula is C9H14N4O. The van der Waals surface area contributed by atoms with Gasteiger partial charge in [0.1, 0.15) is 0 Å². The van der Waals surface area contributed by atoms with Gasteiger partial charge in [-0.2, -0.15) is 10.2 Å². The maximum atomic E-state index is 11.3. The Morgan fingerprint density at radius 3 is 3.00 bits per heavy atom. The Bertz CT molecular complexity index is 288. The molecule has 1 aromatic rings. The highest BCUT2D eigenvalue weighted by molar-refractivity contribution is 5.73. The van der Waals surface area contributed by atoms with Gasteiger partial charge in [0.05, 0.1) is 12.2 Å². The van der Waals surface area contributed by atoms with E-state index in [1.807, 2.05) is 13.0 Å². The van der Waals surface area contributed by atoms with Crippen molar-refractivity contribution in [3.8, 4) is 0 Å². The summed E-state index contributed by atoms with van der Waals surface area (Å²) in [4.78, 5) is 12.9. The molecule has 5 heteroatoms. The standard InChI is InChI=1S/C9H14N4O/c1-3-13(2)9(14)10-7-8-5-4-6-11-12-8/h4-6H,3,7H2,1-2H3,(H,10,14). The van der Waals surface area contributed by atoms with Crippen LogP contribution in [0.1, 0.15) is 12.6 Å². The third-order valence-electron chi connectivity index (χ3n) is 1.87. The maximum absolute atomic E-state index is 11.3. The van der Waals surface area contributed by atoms with Gasteiger partial charge in [0.15, 0.2) is 0 Å². The normalized spacial score (nSPS) is 9.57. The topological polar surface area (TPSA) is 58.1 Å². The van der Waals surface area contributed by atoms with E-state index in [1.165, 1.54) is 0 Å². The molecule has 1 heterocycles. The van der Waals surface area contributed by atoms with Crippen molar-refractivity contribution >= 4 is 6.03 Å². The van der Waals surface area contributed by atoms with Crippen LogP contribution >= 0.6 is 0 Å². The zero-order chi connectivity index (χ0) is 10.4. The molecule has 0 atom stereocenters. The number of hydrogen-bond acceptors (Lipinski definition) is 3. The molecule has 0 saturated heterocycles. The number of nitrogens with zero attached hydrogens (tertiary/aromatic N) is 3. The Hall–Kier alpha value is -1.65. The molecule has 1 rings (SSSR count). The zero-order valence-electron chi connectivity index (χ0n) is 8.40. The molecule has 0 saturated carbocycles. The highest BCUT2D eigenvalue weighted by Crippen LogP contribution is 1.91. The fraction of sp³-hybridized carbons (Fsp3) is 0.444. The number of rotatable bonds is 3. The summed E-state index contributed by atoms with van der Waals surface area (Å²) in [6.07, 6.45) is 1.60. The SMILES string of the molecule is CCN(C)C(=O)NCc1cccnn1. The first-order valence-corrected chi connectivity index (χ1v) is 4.49. The lowest BCUT2D eigenvalue weighted by Crippen LogP contribution is -2.36. The van der Waals surface area contributed by atoms with Gasteiger partial charge in [-0.3, -0.25) is 0 Å². The molecule has 0 radical (unpaired) electrons. The summed E-state index contributed by atoms with van der Waals surface area (Å²) in [7, 11) is 1.74. The van der Waals surface area contributed by atoms with E-state index in [0.29, 0.717) is 13.1 Å². The Morgan fingerprint density at radius 2 is 2.43 bits per heavy atom. The largest absolute Gasteiger partial charge is 0.332 e. The fourth-order valence-corrected chi connectivity index (χ4v) is 0.872. The van der Waals surface area contributed by atoms with E-state index in [0.717, 1.165) is 5.69 Å². The van der Waals surface area contributed by atoms with Gasteiger partial charge in [-0.25, -0.2) is 4.79 Å². The minimum Gasteiger partial charge on any atom is -0.332 e. The lowest BCUT2D eigenvalue weighted by Gasteiger charge is -2.14.